The molecule has 0 radical (unpaired) electrons. The Morgan fingerprint density at radius 3 is 2.04 bits per heavy atom. The zero-order chi connectivity index (χ0) is 20.5. The van der Waals surface area contributed by atoms with Crippen molar-refractivity contribution in [2.75, 3.05) is 13.7 Å². The van der Waals surface area contributed by atoms with Gasteiger partial charge in [0.05, 0.1) is 0 Å². The number of esters is 3. The fraction of sp³-hybridized carbons (Fsp3) is 0.688. The highest BCUT2D eigenvalue weighted by Gasteiger charge is 2.59. The van der Waals surface area contributed by atoms with Gasteiger partial charge < -0.3 is 23.8 Å². The van der Waals surface area contributed by atoms with E-state index in [1.165, 1.54) is 37.5 Å². The van der Waals surface area contributed by atoms with E-state index in [-0.39, 0.29) is 11.7 Å². The van der Waals surface area contributed by atoms with Crippen LogP contribution in [0.5, 0.6) is 0 Å². The Morgan fingerprint density at radius 2 is 1.56 bits per heavy atom. The fourth-order valence-electron chi connectivity index (χ4n) is 3.26. The van der Waals surface area contributed by atoms with Crippen molar-refractivity contribution in [1.29, 1.82) is 0 Å². The van der Waals surface area contributed by atoms with Gasteiger partial charge in [-0.2, -0.15) is 0 Å². The number of hydrogen-bond donors (Lipinski definition) is 0. The minimum atomic E-state index is -1.06. The second kappa shape index (κ2) is 8.17. The van der Waals surface area contributed by atoms with Crippen LogP contribution in [-0.2, 0) is 38.1 Å². The molecule has 0 aromatic heterocycles. The highest BCUT2D eigenvalue weighted by molar-refractivity contribution is 7.80. The lowest BCUT2D eigenvalue weighted by Gasteiger charge is -2.55. The molecular weight excluding hydrogens is 380 g/mol. The van der Waals surface area contributed by atoms with Crippen LogP contribution in [0, 0.1) is 0 Å². The van der Waals surface area contributed by atoms with Gasteiger partial charge in [-0.3, -0.25) is 24.1 Å². The van der Waals surface area contributed by atoms with E-state index < -0.39 is 54.4 Å². The lowest BCUT2D eigenvalue weighted by molar-refractivity contribution is -0.259. The summed E-state index contributed by atoms with van der Waals surface area (Å²) in [4.78, 5) is 49.5. The number of hydrogen-bond acceptors (Lipinski definition) is 9. The highest BCUT2D eigenvalue weighted by atomic mass is 32.1. The molecule has 0 unspecified atom stereocenters. The lowest BCUT2D eigenvalue weighted by Crippen LogP contribution is -2.76. The van der Waals surface area contributed by atoms with Gasteiger partial charge in [0.1, 0.15) is 18.8 Å². The Kier molecular flexibility index (Phi) is 6.37. The molecule has 150 valence electrons. The predicted molar refractivity (Wildman–Crippen MR) is 93.1 cm³/mol. The van der Waals surface area contributed by atoms with Crippen molar-refractivity contribution in [2.45, 2.75) is 58.3 Å². The molecule has 2 bridgehead atoms. The van der Waals surface area contributed by atoms with E-state index in [0.717, 1.165) is 0 Å². The van der Waals surface area contributed by atoms with E-state index in [0.29, 0.717) is 0 Å². The van der Waals surface area contributed by atoms with Crippen molar-refractivity contribution >= 4 is 41.1 Å². The number of rotatable bonds is 4. The molecule has 0 aromatic carbocycles. The summed E-state index contributed by atoms with van der Waals surface area (Å²) in [5.74, 6) is -2.19. The summed E-state index contributed by atoms with van der Waals surface area (Å²) < 4.78 is 21.7. The van der Waals surface area contributed by atoms with Gasteiger partial charge in [0, 0.05) is 34.7 Å². The topological polar surface area (TPSA) is 112 Å². The standard InChI is InChI=1S/C16H22N2O8S/c1-7(19)18-12-13(24-9(3)21)11(6-23-8(2)20)26-15(17(5)16(18)27)14(12)25-10(4)22/h11-15H,6H2,1-5H3/t11-,12-,13-,14-,15+/m1/s1. The van der Waals surface area contributed by atoms with Crippen molar-refractivity contribution in [3.63, 3.8) is 0 Å². The maximum atomic E-state index is 12.3. The van der Waals surface area contributed by atoms with Crippen LogP contribution in [0.15, 0.2) is 0 Å². The van der Waals surface area contributed by atoms with Crippen LogP contribution in [0.4, 0.5) is 0 Å². The van der Waals surface area contributed by atoms with E-state index in [2.05, 4.69) is 0 Å². The molecule has 2 fully saturated rings. The van der Waals surface area contributed by atoms with Gasteiger partial charge in [-0.25, -0.2) is 0 Å². The summed E-state index contributed by atoms with van der Waals surface area (Å²) in [6, 6.07) is -0.918. The molecule has 0 N–H and O–H groups in total. The molecule has 2 aliphatic rings. The van der Waals surface area contributed by atoms with Crippen LogP contribution >= 0.6 is 12.2 Å². The maximum Gasteiger partial charge on any atom is 0.303 e. The summed E-state index contributed by atoms with van der Waals surface area (Å²) in [5.41, 5.74) is 0. The Bertz CT molecular complexity index is 669. The first-order chi connectivity index (χ1) is 12.5. The van der Waals surface area contributed by atoms with Gasteiger partial charge in [0.2, 0.25) is 5.91 Å². The molecule has 0 saturated carbocycles. The van der Waals surface area contributed by atoms with Crippen LogP contribution in [-0.4, -0.2) is 83.0 Å². The number of fused-ring (bicyclic) bond motifs is 2. The van der Waals surface area contributed by atoms with Crippen LogP contribution in [0.25, 0.3) is 0 Å². The van der Waals surface area contributed by atoms with Crippen molar-refractivity contribution in [3.8, 4) is 0 Å². The van der Waals surface area contributed by atoms with Gasteiger partial charge in [-0.05, 0) is 12.2 Å². The van der Waals surface area contributed by atoms with E-state index in [9.17, 15) is 19.2 Å². The number of amides is 1. The number of thiocarbonyl (C=S) groups is 1. The van der Waals surface area contributed by atoms with Crippen molar-refractivity contribution in [1.82, 2.24) is 9.80 Å². The van der Waals surface area contributed by atoms with Gasteiger partial charge in [-0.1, -0.05) is 0 Å². The second-order valence-electron chi connectivity index (χ2n) is 6.29. The minimum absolute atomic E-state index is 0.143. The first-order valence-electron chi connectivity index (χ1n) is 8.24. The summed E-state index contributed by atoms with van der Waals surface area (Å²) in [5, 5.41) is 0.143. The molecule has 2 rings (SSSR count). The molecule has 0 aromatic rings. The second-order valence-corrected chi connectivity index (χ2v) is 6.65. The summed E-state index contributed by atoms with van der Waals surface area (Å²) in [7, 11) is 1.59. The van der Waals surface area contributed by atoms with E-state index in [4.69, 9.17) is 31.2 Å². The van der Waals surface area contributed by atoms with E-state index in [1.807, 2.05) is 0 Å². The number of carbonyl (C=O) groups excluding carboxylic acids is 4. The predicted octanol–water partition coefficient (Wildman–Crippen LogP) is -0.415. The number of likely N-dealkylation sites (N-methyl/N-ethyl adjacent to an activating group) is 1. The number of ether oxygens (including phenoxy) is 4. The Balaban J connectivity index is 2.50. The molecule has 10 nitrogen and oxygen atoms in total. The average Bonchev–Trinajstić information content (AvgIpc) is 2.53. The van der Waals surface area contributed by atoms with Gasteiger partial charge >= 0.3 is 17.9 Å². The lowest BCUT2D eigenvalue weighted by atomic mass is 9.91. The largest absolute Gasteiger partial charge is 0.463 e. The summed E-state index contributed by atoms with van der Waals surface area (Å²) >= 11 is 5.34. The SMILES string of the molecule is CC(=O)OC[C@H]1O[C@H]2[C@H](OC(C)=O)[C@@H]([C@@H]1OC(C)=O)N(C(C)=O)C(=S)N2C. The molecular formula is C16H22N2O8S. The Labute approximate surface area is 161 Å². The first-order valence-corrected chi connectivity index (χ1v) is 8.65. The zero-order valence-corrected chi connectivity index (χ0v) is 16.5. The molecule has 0 aliphatic carbocycles. The molecule has 27 heavy (non-hydrogen) atoms. The molecule has 2 saturated heterocycles. The Morgan fingerprint density at radius 1 is 1.00 bits per heavy atom. The molecule has 11 heteroatoms. The van der Waals surface area contributed by atoms with Crippen molar-refractivity contribution in [2.24, 2.45) is 0 Å². The fourth-order valence-corrected chi connectivity index (χ4v) is 3.61. The minimum Gasteiger partial charge on any atom is -0.463 e. The molecule has 0 spiro atoms. The molecule has 2 heterocycles. The van der Waals surface area contributed by atoms with Crippen LogP contribution < -0.4 is 0 Å². The average molecular weight is 402 g/mol. The monoisotopic (exact) mass is 402 g/mol. The van der Waals surface area contributed by atoms with Crippen LogP contribution in [0.1, 0.15) is 27.7 Å². The highest BCUT2D eigenvalue weighted by Crippen LogP contribution is 2.36. The molecule has 5 atom stereocenters. The van der Waals surface area contributed by atoms with Crippen molar-refractivity contribution in [3.05, 3.63) is 0 Å². The maximum absolute atomic E-state index is 12.3. The molecule has 1 amide bonds. The summed E-state index contributed by atoms with van der Waals surface area (Å²) in [6.07, 6.45) is -3.74. The number of carbonyl (C=O) groups is 4. The zero-order valence-electron chi connectivity index (χ0n) is 15.7. The van der Waals surface area contributed by atoms with E-state index in [1.54, 1.807) is 7.05 Å². The third-order valence-corrected chi connectivity index (χ3v) is 4.70. The number of nitrogens with zero attached hydrogens (tertiary/aromatic N) is 2. The Hall–Kier alpha value is -2.27. The third kappa shape index (κ3) is 4.35. The smallest absolute Gasteiger partial charge is 0.303 e. The summed E-state index contributed by atoms with van der Waals surface area (Å²) in [6.45, 7) is 4.74. The van der Waals surface area contributed by atoms with Gasteiger partial charge in [0.25, 0.3) is 0 Å². The molecule has 2 aliphatic heterocycles. The van der Waals surface area contributed by atoms with Gasteiger partial charge in [-0.15, -0.1) is 0 Å². The normalized spacial score (nSPS) is 29.8. The van der Waals surface area contributed by atoms with E-state index >= 15 is 0 Å². The van der Waals surface area contributed by atoms with Crippen LogP contribution in [0.3, 0.4) is 0 Å². The third-order valence-electron chi connectivity index (χ3n) is 4.22. The van der Waals surface area contributed by atoms with Crippen LogP contribution in [0.2, 0.25) is 0 Å². The van der Waals surface area contributed by atoms with Gasteiger partial charge in [0.15, 0.2) is 23.5 Å². The quantitative estimate of drug-likeness (QED) is 0.349. The van der Waals surface area contributed by atoms with Crippen molar-refractivity contribution < 1.29 is 38.1 Å². The first kappa shape index (κ1) is 21.0.